The predicted octanol–water partition coefficient (Wildman–Crippen LogP) is 1.77. The quantitative estimate of drug-likeness (QED) is 0.906. The van der Waals surface area contributed by atoms with Crippen LogP contribution in [0.25, 0.3) is 0 Å². The summed E-state index contributed by atoms with van der Waals surface area (Å²) in [4.78, 5) is 0. The largest absolute Gasteiger partial charge is 0.416 e. The average molecular weight is 309 g/mol. The molecule has 112 valence electrons. The van der Waals surface area contributed by atoms with Gasteiger partial charge in [-0.25, -0.2) is 8.42 Å². The van der Waals surface area contributed by atoms with Gasteiger partial charge in [0.05, 0.1) is 24.0 Å². The van der Waals surface area contributed by atoms with E-state index in [1.807, 2.05) is 0 Å². The highest BCUT2D eigenvalue weighted by Gasteiger charge is 2.39. The van der Waals surface area contributed by atoms with Crippen LogP contribution in [-0.4, -0.2) is 36.7 Å². The Bertz CT molecular complexity index is 600. The van der Waals surface area contributed by atoms with E-state index in [0.29, 0.717) is 0 Å². The fourth-order valence-corrected chi connectivity index (χ4v) is 3.49. The van der Waals surface area contributed by atoms with E-state index < -0.39 is 33.9 Å². The minimum Gasteiger partial charge on any atom is -0.392 e. The molecule has 1 N–H and O–H groups in total. The van der Waals surface area contributed by atoms with E-state index in [4.69, 9.17) is 0 Å². The molecule has 1 saturated heterocycles. The first-order valence-corrected chi connectivity index (χ1v) is 7.76. The van der Waals surface area contributed by atoms with E-state index >= 15 is 0 Å². The number of rotatable bonds is 2. The zero-order valence-corrected chi connectivity index (χ0v) is 11.4. The Kier molecular flexibility index (Phi) is 3.83. The van der Waals surface area contributed by atoms with Gasteiger partial charge in [0.25, 0.3) is 0 Å². The number of β-amino-alcohol motifs (C(OH)–C–C–N with tert-alkyl or cyclic N) is 1. The number of nitrogens with zero attached hydrogens (tertiary/aromatic N) is 1. The van der Waals surface area contributed by atoms with Crippen molar-refractivity contribution < 1.29 is 26.7 Å². The average Bonchev–Trinajstić information content (AvgIpc) is 2.70. The smallest absolute Gasteiger partial charge is 0.392 e. The van der Waals surface area contributed by atoms with E-state index in [1.165, 1.54) is 12.1 Å². The first-order chi connectivity index (χ1) is 9.09. The molecule has 4 nitrogen and oxygen atoms in total. The number of hydrogen-bond acceptors (Lipinski definition) is 3. The summed E-state index contributed by atoms with van der Waals surface area (Å²) in [5.74, 6) is 0. The number of hydrogen-bond donors (Lipinski definition) is 1. The molecular weight excluding hydrogens is 295 g/mol. The van der Waals surface area contributed by atoms with E-state index in [2.05, 4.69) is 0 Å². The zero-order valence-electron chi connectivity index (χ0n) is 10.6. The summed E-state index contributed by atoms with van der Waals surface area (Å²) >= 11 is 0. The van der Waals surface area contributed by atoms with E-state index in [-0.39, 0.29) is 18.5 Å². The summed E-state index contributed by atoms with van der Waals surface area (Å²) in [6.45, 7) is -0.0975. The summed E-state index contributed by atoms with van der Waals surface area (Å²) in [6, 6.07) is 3.78. The van der Waals surface area contributed by atoms with Gasteiger partial charge in [0, 0.05) is 6.54 Å². The Balaban J connectivity index is 2.40. The van der Waals surface area contributed by atoms with Crippen LogP contribution in [0.3, 0.4) is 0 Å². The van der Waals surface area contributed by atoms with Gasteiger partial charge in [0.15, 0.2) is 0 Å². The molecule has 0 radical (unpaired) electrons. The van der Waals surface area contributed by atoms with E-state index in [1.54, 1.807) is 0 Å². The van der Waals surface area contributed by atoms with E-state index in [0.717, 1.165) is 22.7 Å². The molecule has 20 heavy (non-hydrogen) atoms. The van der Waals surface area contributed by atoms with Crippen molar-refractivity contribution in [2.75, 3.05) is 12.8 Å². The van der Waals surface area contributed by atoms with Gasteiger partial charge >= 0.3 is 6.18 Å². The van der Waals surface area contributed by atoms with Crippen LogP contribution >= 0.6 is 0 Å². The molecule has 8 heteroatoms. The molecule has 1 aliphatic heterocycles. The summed E-state index contributed by atoms with van der Waals surface area (Å²) in [7, 11) is -3.59. The van der Waals surface area contributed by atoms with Crippen molar-refractivity contribution >= 4 is 10.0 Å². The topological polar surface area (TPSA) is 57.6 Å². The second kappa shape index (κ2) is 5.01. The molecule has 0 aromatic heterocycles. The van der Waals surface area contributed by atoms with Crippen LogP contribution in [0.1, 0.15) is 23.6 Å². The highest BCUT2D eigenvalue weighted by Crippen LogP contribution is 2.37. The summed E-state index contributed by atoms with van der Waals surface area (Å²) in [5.41, 5.74) is -0.591. The van der Waals surface area contributed by atoms with Crippen molar-refractivity contribution in [3.63, 3.8) is 0 Å². The number of sulfonamides is 1. The standard InChI is InChI=1S/C12H14F3NO3S/c1-20(18,19)16-7-10(17)6-11(16)8-3-2-4-9(5-8)12(13,14)15/h2-5,10-11,17H,6-7H2,1H3/t10-,11+/m1/s1. The molecule has 0 spiro atoms. The van der Waals surface area contributed by atoms with Gasteiger partial charge in [0.1, 0.15) is 0 Å². The molecule has 1 aromatic rings. The van der Waals surface area contributed by atoms with Gasteiger partial charge in [-0.15, -0.1) is 0 Å². The Morgan fingerprint density at radius 2 is 2.00 bits per heavy atom. The normalized spacial score (nSPS) is 25.1. The van der Waals surface area contributed by atoms with Crippen LogP contribution in [0.2, 0.25) is 0 Å². The molecule has 0 unspecified atom stereocenters. The maximum Gasteiger partial charge on any atom is 0.416 e. The number of aliphatic hydroxyl groups excluding tert-OH is 1. The van der Waals surface area contributed by atoms with Gasteiger partial charge < -0.3 is 5.11 Å². The monoisotopic (exact) mass is 309 g/mol. The van der Waals surface area contributed by atoms with Crippen molar-refractivity contribution in [2.24, 2.45) is 0 Å². The zero-order chi connectivity index (χ0) is 15.1. The maximum atomic E-state index is 12.7. The molecule has 0 bridgehead atoms. The van der Waals surface area contributed by atoms with Gasteiger partial charge in [-0.05, 0) is 24.1 Å². The highest BCUT2D eigenvalue weighted by atomic mass is 32.2. The molecule has 1 aliphatic rings. The van der Waals surface area contributed by atoms with Gasteiger partial charge in [-0.2, -0.15) is 17.5 Å². The molecule has 2 rings (SSSR count). The molecular formula is C12H14F3NO3S. The number of aliphatic hydroxyl groups is 1. The number of alkyl halides is 3. The molecule has 1 aromatic carbocycles. The predicted molar refractivity (Wildman–Crippen MR) is 66.4 cm³/mol. The molecule has 0 aliphatic carbocycles. The fraction of sp³-hybridized carbons (Fsp3) is 0.500. The summed E-state index contributed by atoms with van der Waals surface area (Å²) in [6.07, 6.45) is -4.28. The van der Waals surface area contributed by atoms with Crippen molar-refractivity contribution in [2.45, 2.75) is 24.7 Å². The lowest BCUT2D eigenvalue weighted by Gasteiger charge is -2.22. The lowest BCUT2D eigenvalue weighted by atomic mass is 10.0. The minimum absolute atomic E-state index is 0.0916. The minimum atomic E-state index is -4.48. The second-order valence-corrected chi connectivity index (χ2v) is 6.80. The van der Waals surface area contributed by atoms with Crippen molar-refractivity contribution in [1.29, 1.82) is 0 Å². The Morgan fingerprint density at radius 3 is 2.55 bits per heavy atom. The summed E-state index contributed by atoms with van der Waals surface area (Å²) < 4.78 is 62.4. The molecule has 1 heterocycles. The Morgan fingerprint density at radius 1 is 1.35 bits per heavy atom. The third-order valence-corrected chi connectivity index (χ3v) is 4.51. The SMILES string of the molecule is CS(=O)(=O)N1C[C@H](O)C[C@H]1c1cccc(C(F)(F)F)c1. The Labute approximate surface area is 114 Å². The van der Waals surface area contributed by atoms with Crippen LogP contribution in [0, 0.1) is 0 Å². The molecule has 1 fully saturated rings. The van der Waals surface area contributed by atoms with Crippen LogP contribution in [0.5, 0.6) is 0 Å². The first-order valence-electron chi connectivity index (χ1n) is 5.91. The van der Waals surface area contributed by atoms with Gasteiger partial charge in [-0.3, -0.25) is 0 Å². The van der Waals surface area contributed by atoms with Crippen molar-refractivity contribution in [1.82, 2.24) is 4.31 Å². The maximum absolute atomic E-state index is 12.7. The molecule has 0 amide bonds. The third-order valence-electron chi connectivity index (χ3n) is 3.26. The van der Waals surface area contributed by atoms with Crippen LogP contribution in [0.15, 0.2) is 24.3 Å². The van der Waals surface area contributed by atoms with Crippen LogP contribution in [-0.2, 0) is 16.2 Å². The Hall–Kier alpha value is -1.12. The lowest BCUT2D eigenvalue weighted by Crippen LogP contribution is -2.30. The lowest BCUT2D eigenvalue weighted by molar-refractivity contribution is -0.137. The molecule has 0 saturated carbocycles. The first kappa shape index (κ1) is 15.3. The second-order valence-electron chi connectivity index (χ2n) is 4.86. The van der Waals surface area contributed by atoms with Crippen molar-refractivity contribution in [3.8, 4) is 0 Å². The fourth-order valence-electron chi connectivity index (χ4n) is 2.38. The number of halogens is 3. The van der Waals surface area contributed by atoms with Crippen LogP contribution in [0.4, 0.5) is 13.2 Å². The van der Waals surface area contributed by atoms with Gasteiger partial charge in [0.2, 0.25) is 10.0 Å². The number of benzene rings is 1. The third kappa shape index (κ3) is 3.13. The summed E-state index contributed by atoms with van der Waals surface area (Å²) in [5, 5.41) is 9.60. The molecule has 2 atom stereocenters. The van der Waals surface area contributed by atoms with E-state index in [9.17, 15) is 26.7 Å². The highest BCUT2D eigenvalue weighted by molar-refractivity contribution is 7.88. The van der Waals surface area contributed by atoms with Crippen molar-refractivity contribution in [3.05, 3.63) is 35.4 Å². The van der Waals surface area contributed by atoms with Gasteiger partial charge in [-0.1, -0.05) is 12.1 Å². The van der Waals surface area contributed by atoms with Crippen LogP contribution < -0.4 is 0 Å².